The topological polar surface area (TPSA) is 50.9 Å². The van der Waals surface area contributed by atoms with Crippen LogP contribution in [0.4, 0.5) is 0 Å². The Balaban J connectivity index is 2.14. The fourth-order valence-electron chi connectivity index (χ4n) is 3.46. The zero-order valence-electron chi connectivity index (χ0n) is 12.5. The van der Waals surface area contributed by atoms with Gasteiger partial charge in [0.05, 0.1) is 11.9 Å². The van der Waals surface area contributed by atoms with Gasteiger partial charge in [0.25, 0.3) is 0 Å². The highest BCUT2D eigenvalue weighted by molar-refractivity contribution is 5.10. The quantitative estimate of drug-likeness (QED) is 0.890. The summed E-state index contributed by atoms with van der Waals surface area (Å²) in [6.45, 7) is 7.48. The monoisotopic (exact) mass is 265 g/mol. The van der Waals surface area contributed by atoms with Crippen molar-refractivity contribution in [1.29, 1.82) is 0 Å². The van der Waals surface area contributed by atoms with E-state index in [-0.39, 0.29) is 0 Å². The van der Waals surface area contributed by atoms with Crippen LogP contribution in [0.15, 0.2) is 6.20 Å². The molecule has 1 aromatic rings. The van der Waals surface area contributed by atoms with Crippen molar-refractivity contribution >= 4 is 0 Å². The number of nitrogens with zero attached hydrogens (tertiary/aromatic N) is 3. The molecule has 1 fully saturated rings. The summed E-state index contributed by atoms with van der Waals surface area (Å²) < 4.78 is 1.89. The van der Waals surface area contributed by atoms with Crippen molar-refractivity contribution in [3.63, 3.8) is 0 Å². The maximum absolute atomic E-state index is 11.0. The molecule has 0 radical (unpaired) electrons. The van der Waals surface area contributed by atoms with Gasteiger partial charge in [0.2, 0.25) is 0 Å². The maximum Gasteiger partial charge on any atom is 0.108 e. The fourth-order valence-corrected chi connectivity index (χ4v) is 3.46. The van der Waals surface area contributed by atoms with Crippen LogP contribution in [-0.2, 0) is 12.1 Å². The number of aryl methyl sites for hydroxylation is 1. The Kier molecular flexibility index (Phi) is 4.61. The minimum atomic E-state index is -0.712. The highest BCUT2D eigenvalue weighted by atomic mass is 16.3. The maximum atomic E-state index is 11.0. The second-order valence-electron chi connectivity index (χ2n) is 6.47. The van der Waals surface area contributed by atoms with Crippen LogP contribution in [0, 0.1) is 11.8 Å². The molecule has 4 heteroatoms. The zero-order valence-corrected chi connectivity index (χ0v) is 12.5. The van der Waals surface area contributed by atoms with Gasteiger partial charge in [0.15, 0.2) is 0 Å². The van der Waals surface area contributed by atoms with E-state index in [4.69, 9.17) is 0 Å². The van der Waals surface area contributed by atoms with Crippen LogP contribution in [0.1, 0.15) is 65.0 Å². The minimum absolute atomic E-state index is 0.628. The van der Waals surface area contributed by atoms with Gasteiger partial charge in [-0.3, -0.25) is 0 Å². The summed E-state index contributed by atoms with van der Waals surface area (Å²) in [5.41, 5.74) is 0.207. The molecule has 0 aromatic carbocycles. The van der Waals surface area contributed by atoms with E-state index in [0.717, 1.165) is 37.9 Å². The van der Waals surface area contributed by atoms with Crippen molar-refractivity contribution in [3.8, 4) is 0 Å². The molecule has 2 unspecified atom stereocenters. The molecule has 0 spiro atoms. The van der Waals surface area contributed by atoms with Crippen molar-refractivity contribution in [2.75, 3.05) is 0 Å². The number of aromatic nitrogens is 3. The second-order valence-corrected chi connectivity index (χ2v) is 6.47. The van der Waals surface area contributed by atoms with Crippen molar-refractivity contribution in [2.45, 2.75) is 71.4 Å². The van der Waals surface area contributed by atoms with Crippen molar-refractivity contribution in [1.82, 2.24) is 15.0 Å². The van der Waals surface area contributed by atoms with E-state index >= 15 is 0 Å². The molecule has 4 nitrogen and oxygen atoms in total. The Morgan fingerprint density at radius 1 is 1.53 bits per heavy atom. The minimum Gasteiger partial charge on any atom is -0.383 e. The van der Waals surface area contributed by atoms with Crippen molar-refractivity contribution < 1.29 is 5.11 Å². The summed E-state index contributed by atoms with van der Waals surface area (Å²) in [7, 11) is 0. The first-order valence-electron chi connectivity index (χ1n) is 7.66. The van der Waals surface area contributed by atoms with Gasteiger partial charge < -0.3 is 5.11 Å². The first-order valence-corrected chi connectivity index (χ1v) is 7.66. The molecular formula is C15H27N3O. The van der Waals surface area contributed by atoms with Crippen LogP contribution in [-0.4, -0.2) is 20.1 Å². The fraction of sp³-hybridized carbons (Fsp3) is 0.867. The molecule has 2 rings (SSSR count). The van der Waals surface area contributed by atoms with Crippen LogP contribution in [0.5, 0.6) is 0 Å². The standard InChI is InChI=1S/C15H27N3O/c1-4-8-18-14(11-16-17-18)15(19)7-5-6-13(10-15)9-12(2)3/h11-13,19H,4-10H2,1-3H3. The van der Waals surface area contributed by atoms with E-state index < -0.39 is 5.60 Å². The van der Waals surface area contributed by atoms with Gasteiger partial charge in [-0.15, -0.1) is 5.10 Å². The third-order valence-electron chi connectivity index (χ3n) is 4.16. The van der Waals surface area contributed by atoms with Crippen LogP contribution in [0.2, 0.25) is 0 Å². The van der Waals surface area contributed by atoms with E-state index in [2.05, 4.69) is 31.1 Å². The largest absolute Gasteiger partial charge is 0.383 e. The first-order chi connectivity index (χ1) is 9.05. The zero-order chi connectivity index (χ0) is 13.9. The van der Waals surface area contributed by atoms with Crippen molar-refractivity contribution in [2.24, 2.45) is 11.8 Å². The molecule has 0 saturated heterocycles. The van der Waals surface area contributed by atoms with Gasteiger partial charge >= 0.3 is 0 Å². The Hall–Kier alpha value is -0.900. The number of aliphatic hydroxyl groups is 1. The van der Waals surface area contributed by atoms with Gasteiger partial charge in [0, 0.05) is 6.54 Å². The summed E-state index contributed by atoms with van der Waals surface area (Å²) >= 11 is 0. The van der Waals surface area contributed by atoms with E-state index in [0.29, 0.717) is 11.8 Å². The van der Waals surface area contributed by atoms with Crippen LogP contribution in [0.25, 0.3) is 0 Å². The summed E-state index contributed by atoms with van der Waals surface area (Å²) in [6, 6.07) is 0. The number of hydrogen-bond acceptors (Lipinski definition) is 3. The molecule has 1 heterocycles. The van der Waals surface area contributed by atoms with E-state index in [1.165, 1.54) is 12.8 Å². The average molecular weight is 265 g/mol. The molecule has 0 amide bonds. The molecule has 0 aliphatic heterocycles. The summed E-state index contributed by atoms with van der Waals surface area (Å²) in [5.74, 6) is 1.33. The molecule has 19 heavy (non-hydrogen) atoms. The lowest BCUT2D eigenvalue weighted by molar-refractivity contribution is -0.0317. The van der Waals surface area contributed by atoms with Gasteiger partial charge in [-0.05, 0) is 43.9 Å². The molecular weight excluding hydrogens is 238 g/mol. The Morgan fingerprint density at radius 2 is 2.32 bits per heavy atom. The second kappa shape index (κ2) is 6.04. The smallest absolute Gasteiger partial charge is 0.108 e. The molecule has 1 aliphatic carbocycles. The summed E-state index contributed by atoms with van der Waals surface area (Å²) in [4.78, 5) is 0. The number of rotatable bonds is 5. The van der Waals surface area contributed by atoms with Crippen molar-refractivity contribution in [3.05, 3.63) is 11.9 Å². The third kappa shape index (κ3) is 3.35. The van der Waals surface area contributed by atoms with Crippen LogP contribution >= 0.6 is 0 Å². The molecule has 1 aromatic heterocycles. The Bertz CT molecular complexity index is 402. The third-order valence-corrected chi connectivity index (χ3v) is 4.16. The Labute approximate surface area is 116 Å². The molecule has 1 N–H and O–H groups in total. The highest BCUT2D eigenvalue weighted by Gasteiger charge is 2.38. The first kappa shape index (κ1) is 14.5. The van der Waals surface area contributed by atoms with E-state index in [9.17, 15) is 5.11 Å². The lowest BCUT2D eigenvalue weighted by Crippen LogP contribution is -2.35. The number of hydrogen-bond donors (Lipinski definition) is 1. The lowest BCUT2D eigenvalue weighted by atomic mass is 9.74. The van der Waals surface area contributed by atoms with Gasteiger partial charge in [0.1, 0.15) is 5.60 Å². The predicted octanol–water partition coefficient (Wildman–Crippen LogP) is 3.11. The highest BCUT2D eigenvalue weighted by Crippen LogP contribution is 2.41. The van der Waals surface area contributed by atoms with Gasteiger partial charge in [-0.25, -0.2) is 4.68 Å². The Morgan fingerprint density at radius 3 is 3.00 bits per heavy atom. The van der Waals surface area contributed by atoms with E-state index in [1.807, 2.05) is 4.68 Å². The molecule has 1 saturated carbocycles. The normalized spacial score (nSPS) is 27.9. The molecule has 1 aliphatic rings. The SMILES string of the molecule is CCCn1nncc1C1(O)CCCC(CC(C)C)C1. The summed E-state index contributed by atoms with van der Waals surface area (Å²) in [6.07, 6.45) is 8.04. The van der Waals surface area contributed by atoms with Crippen LogP contribution < -0.4 is 0 Å². The summed E-state index contributed by atoms with van der Waals surface area (Å²) in [5, 5.41) is 19.1. The van der Waals surface area contributed by atoms with E-state index in [1.54, 1.807) is 6.20 Å². The molecule has 108 valence electrons. The van der Waals surface area contributed by atoms with Gasteiger partial charge in [-0.2, -0.15) is 0 Å². The lowest BCUT2D eigenvalue weighted by Gasteiger charge is -2.37. The van der Waals surface area contributed by atoms with Gasteiger partial charge in [-0.1, -0.05) is 32.4 Å². The molecule has 0 bridgehead atoms. The predicted molar refractivity (Wildman–Crippen MR) is 75.6 cm³/mol. The molecule has 2 atom stereocenters. The van der Waals surface area contributed by atoms with Crippen LogP contribution in [0.3, 0.4) is 0 Å². The average Bonchev–Trinajstić information content (AvgIpc) is 2.77.